The van der Waals surface area contributed by atoms with Gasteiger partial charge in [-0.15, -0.1) is 10.2 Å². The van der Waals surface area contributed by atoms with E-state index < -0.39 is 5.54 Å². The van der Waals surface area contributed by atoms with E-state index >= 15 is 0 Å². The molecule has 0 bridgehead atoms. The smallest absolute Gasteiger partial charge is 0.223 e. The van der Waals surface area contributed by atoms with Gasteiger partial charge in [-0.2, -0.15) is 13.8 Å². The molecule has 74 valence electrons. The predicted octanol–water partition coefficient (Wildman–Crippen LogP) is 0.351. The lowest BCUT2D eigenvalue weighted by molar-refractivity contribution is 0.651. The van der Waals surface area contributed by atoms with Crippen LogP contribution >= 0.6 is 11.7 Å². The number of hydrogen-bond donors (Lipinski definition) is 1. The standard InChI is InChI=1S/C6H4N8S/c1-4(12-15-10-1)6(2-8-14-13-6)5-7-3-9-11-5/h1-3H,(H,7,9,11). The summed E-state index contributed by atoms with van der Waals surface area (Å²) in [5, 5.41) is 17.9. The Bertz CT molecular complexity index is 449. The molecule has 1 aliphatic heterocycles. The molecule has 15 heavy (non-hydrogen) atoms. The number of H-pyrrole nitrogens is 1. The maximum Gasteiger partial charge on any atom is 0.223 e. The van der Waals surface area contributed by atoms with Crippen LogP contribution in [-0.2, 0) is 5.54 Å². The summed E-state index contributed by atoms with van der Waals surface area (Å²) in [7, 11) is 0. The van der Waals surface area contributed by atoms with E-state index in [2.05, 4.69) is 39.4 Å². The summed E-state index contributed by atoms with van der Waals surface area (Å²) in [6.45, 7) is 0. The van der Waals surface area contributed by atoms with Crippen molar-refractivity contribution in [1.82, 2.24) is 23.9 Å². The summed E-state index contributed by atoms with van der Waals surface area (Å²) < 4.78 is 8.05. The van der Waals surface area contributed by atoms with E-state index in [1.165, 1.54) is 6.33 Å². The Balaban J connectivity index is 2.20. The van der Waals surface area contributed by atoms with E-state index in [0.29, 0.717) is 11.5 Å². The summed E-state index contributed by atoms with van der Waals surface area (Å²) in [6.07, 6.45) is 4.58. The van der Waals surface area contributed by atoms with Gasteiger partial charge in [-0.05, 0) is 5.22 Å². The number of hydrogen-bond acceptors (Lipinski definition) is 8. The van der Waals surface area contributed by atoms with Gasteiger partial charge in [-0.3, -0.25) is 5.10 Å². The molecule has 0 amide bonds. The quantitative estimate of drug-likeness (QED) is 0.788. The molecule has 0 saturated carbocycles. The van der Waals surface area contributed by atoms with Gasteiger partial charge in [0.15, 0.2) is 5.82 Å². The fourth-order valence-electron chi connectivity index (χ4n) is 1.30. The molecule has 1 atom stereocenters. The van der Waals surface area contributed by atoms with E-state index in [0.717, 1.165) is 11.7 Å². The Morgan fingerprint density at radius 2 is 2.40 bits per heavy atom. The highest BCUT2D eigenvalue weighted by Crippen LogP contribution is 2.31. The van der Waals surface area contributed by atoms with Crippen LogP contribution in [0.4, 0.5) is 0 Å². The molecule has 3 rings (SSSR count). The first-order valence-corrected chi connectivity index (χ1v) is 4.75. The van der Waals surface area contributed by atoms with Crippen molar-refractivity contribution in [2.24, 2.45) is 15.4 Å². The first kappa shape index (κ1) is 8.29. The van der Waals surface area contributed by atoms with Crippen LogP contribution in [-0.4, -0.2) is 30.1 Å². The zero-order chi connectivity index (χ0) is 10.1. The summed E-state index contributed by atoms with van der Waals surface area (Å²) in [6, 6.07) is 0. The van der Waals surface area contributed by atoms with Crippen LogP contribution in [0.2, 0.25) is 0 Å². The minimum atomic E-state index is -0.885. The van der Waals surface area contributed by atoms with Gasteiger partial charge in [-0.25, -0.2) is 4.98 Å². The average molecular weight is 220 g/mol. The molecule has 0 fully saturated rings. The Morgan fingerprint density at radius 3 is 3.00 bits per heavy atom. The number of nitrogens with zero attached hydrogens (tertiary/aromatic N) is 7. The van der Waals surface area contributed by atoms with Crippen molar-refractivity contribution in [2.45, 2.75) is 5.54 Å². The SMILES string of the molecule is C1=NN=NC1(c1cnsn1)c1ncn[nH]1. The van der Waals surface area contributed by atoms with Crippen molar-refractivity contribution >= 4 is 17.9 Å². The Labute approximate surface area is 87.5 Å². The topological polar surface area (TPSA) is 104 Å². The number of aromatic nitrogens is 5. The fourth-order valence-corrected chi connectivity index (χ4v) is 1.77. The van der Waals surface area contributed by atoms with Crippen LogP contribution in [0.1, 0.15) is 11.5 Å². The van der Waals surface area contributed by atoms with Gasteiger partial charge >= 0.3 is 0 Å². The number of nitrogens with one attached hydrogen (secondary N) is 1. The van der Waals surface area contributed by atoms with Gasteiger partial charge in [0.05, 0.1) is 24.1 Å². The van der Waals surface area contributed by atoms with Crippen molar-refractivity contribution in [3.8, 4) is 0 Å². The lowest BCUT2D eigenvalue weighted by atomic mass is 9.98. The van der Waals surface area contributed by atoms with Gasteiger partial charge in [0, 0.05) is 0 Å². The maximum absolute atomic E-state index is 4.12. The Morgan fingerprint density at radius 1 is 1.40 bits per heavy atom. The zero-order valence-electron chi connectivity index (χ0n) is 7.27. The Kier molecular flexibility index (Phi) is 1.65. The molecule has 0 aromatic carbocycles. The van der Waals surface area contributed by atoms with Gasteiger partial charge in [0.25, 0.3) is 0 Å². The molecule has 0 saturated heterocycles. The second kappa shape index (κ2) is 2.98. The van der Waals surface area contributed by atoms with E-state index in [9.17, 15) is 0 Å². The highest BCUT2D eigenvalue weighted by atomic mass is 32.1. The largest absolute Gasteiger partial charge is 0.261 e. The predicted molar refractivity (Wildman–Crippen MR) is 50.4 cm³/mol. The van der Waals surface area contributed by atoms with Gasteiger partial charge in [0.1, 0.15) is 12.0 Å². The molecule has 8 nitrogen and oxygen atoms in total. The van der Waals surface area contributed by atoms with Gasteiger partial charge in [-0.1, -0.05) is 0 Å². The number of rotatable bonds is 2. The lowest BCUT2D eigenvalue weighted by Crippen LogP contribution is -2.27. The molecular formula is C6H4N8S. The number of aromatic amines is 1. The molecule has 0 spiro atoms. The highest BCUT2D eigenvalue weighted by Gasteiger charge is 2.41. The first-order valence-electron chi connectivity index (χ1n) is 4.02. The molecule has 3 heterocycles. The third-order valence-electron chi connectivity index (χ3n) is 2.03. The van der Waals surface area contributed by atoms with Crippen LogP contribution in [0.15, 0.2) is 28.0 Å². The minimum absolute atomic E-state index is 0.528. The zero-order valence-corrected chi connectivity index (χ0v) is 8.09. The summed E-state index contributed by atoms with van der Waals surface area (Å²) in [4.78, 5) is 4.05. The fraction of sp³-hybridized carbons (Fsp3) is 0.167. The molecule has 2 aromatic rings. The van der Waals surface area contributed by atoms with Crippen LogP contribution in [0.25, 0.3) is 0 Å². The van der Waals surface area contributed by atoms with E-state index in [-0.39, 0.29) is 0 Å². The second-order valence-electron chi connectivity index (χ2n) is 2.83. The second-order valence-corrected chi connectivity index (χ2v) is 3.38. The van der Waals surface area contributed by atoms with E-state index in [1.807, 2.05) is 0 Å². The van der Waals surface area contributed by atoms with Crippen LogP contribution in [0, 0.1) is 0 Å². The highest BCUT2D eigenvalue weighted by molar-refractivity contribution is 6.99. The first-order chi connectivity index (χ1) is 7.42. The van der Waals surface area contributed by atoms with Crippen LogP contribution in [0.5, 0.6) is 0 Å². The van der Waals surface area contributed by atoms with Crippen LogP contribution in [0.3, 0.4) is 0 Å². The maximum atomic E-state index is 4.12. The molecule has 1 aliphatic rings. The van der Waals surface area contributed by atoms with E-state index in [4.69, 9.17) is 0 Å². The van der Waals surface area contributed by atoms with Crippen LogP contribution < -0.4 is 0 Å². The van der Waals surface area contributed by atoms with Crippen molar-refractivity contribution in [2.75, 3.05) is 0 Å². The average Bonchev–Trinajstić information content (AvgIpc) is 3.02. The minimum Gasteiger partial charge on any atom is -0.261 e. The molecule has 0 radical (unpaired) electrons. The molecule has 2 aromatic heterocycles. The van der Waals surface area contributed by atoms with Gasteiger partial charge in [0.2, 0.25) is 5.54 Å². The Hall–Kier alpha value is -2.03. The third-order valence-corrected chi connectivity index (χ3v) is 2.50. The third kappa shape index (κ3) is 1.09. The molecule has 9 heteroatoms. The van der Waals surface area contributed by atoms with Crippen molar-refractivity contribution in [1.29, 1.82) is 0 Å². The summed E-state index contributed by atoms with van der Waals surface area (Å²) in [5.41, 5.74) is -0.252. The van der Waals surface area contributed by atoms with Crippen molar-refractivity contribution in [3.63, 3.8) is 0 Å². The van der Waals surface area contributed by atoms with E-state index in [1.54, 1.807) is 12.4 Å². The lowest BCUT2D eigenvalue weighted by Gasteiger charge is -2.13. The summed E-state index contributed by atoms with van der Waals surface area (Å²) >= 11 is 1.10. The molecule has 1 unspecified atom stereocenters. The van der Waals surface area contributed by atoms with Gasteiger partial charge < -0.3 is 0 Å². The molecule has 0 aliphatic carbocycles. The normalized spacial score (nSPS) is 23.7. The van der Waals surface area contributed by atoms with Crippen molar-refractivity contribution in [3.05, 3.63) is 24.0 Å². The summed E-state index contributed by atoms with van der Waals surface area (Å²) in [5.74, 6) is 0.528. The molecule has 1 N–H and O–H groups in total. The van der Waals surface area contributed by atoms with Crippen molar-refractivity contribution < 1.29 is 0 Å². The molecular weight excluding hydrogens is 216 g/mol. The monoisotopic (exact) mass is 220 g/mol.